The van der Waals surface area contributed by atoms with Crippen LogP contribution < -0.4 is 10.2 Å². The van der Waals surface area contributed by atoms with Crippen LogP contribution in [0.4, 0.5) is 5.13 Å². The third-order valence-corrected chi connectivity index (χ3v) is 5.82. The number of nitrogens with zero attached hydrogens (tertiary/aromatic N) is 2. The number of thiazole rings is 1. The highest BCUT2D eigenvalue weighted by molar-refractivity contribution is 8.00. The second kappa shape index (κ2) is 6.88. The smallest absolute Gasteiger partial charge is 0.185 e. The molecular weight excluding hydrogens is 298 g/mol. The van der Waals surface area contributed by atoms with E-state index in [1.807, 2.05) is 11.3 Å². The lowest BCUT2D eigenvalue weighted by Crippen LogP contribution is -2.36. The van der Waals surface area contributed by atoms with Gasteiger partial charge in [0.15, 0.2) is 5.13 Å². The van der Waals surface area contributed by atoms with Gasteiger partial charge in [-0.2, -0.15) is 11.8 Å². The minimum atomic E-state index is 0.148. The second-order valence-electron chi connectivity index (χ2n) is 7.19. The molecule has 5 heteroatoms. The van der Waals surface area contributed by atoms with E-state index < -0.39 is 0 Å². The number of anilines is 1. The fraction of sp³-hybridized carbons (Fsp3) is 0.812. The van der Waals surface area contributed by atoms with Gasteiger partial charge in [0.2, 0.25) is 0 Å². The first-order valence-electron chi connectivity index (χ1n) is 7.87. The van der Waals surface area contributed by atoms with E-state index in [4.69, 9.17) is 4.98 Å². The van der Waals surface area contributed by atoms with Crippen LogP contribution >= 0.6 is 23.1 Å². The lowest BCUT2D eigenvalue weighted by atomic mass is 10.1. The van der Waals surface area contributed by atoms with Crippen LogP contribution in [0.15, 0.2) is 0 Å². The maximum absolute atomic E-state index is 4.96. The zero-order chi connectivity index (χ0) is 15.6. The van der Waals surface area contributed by atoms with Crippen LogP contribution in [0.3, 0.4) is 0 Å². The molecule has 1 N–H and O–H groups in total. The van der Waals surface area contributed by atoms with E-state index in [-0.39, 0.29) is 5.54 Å². The molecule has 1 fully saturated rings. The van der Waals surface area contributed by atoms with Crippen LogP contribution in [0, 0.1) is 0 Å². The topological polar surface area (TPSA) is 28.2 Å². The summed E-state index contributed by atoms with van der Waals surface area (Å²) in [7, 11) is 0. The highest BCUT2D eigenvalue weighted by Crippen LogP contribution is 2.33. The third kappa shape index (κ3) is 4.86. The van der Waals surface area contributed by atoms with E-state index in [1.165, 1.54) is 21.5 Å². The van der Waals surface area contributed by atoms with Crippen molar-refractivity contribution in [2.75, 3.05) is 23.7 Å². The zero-order valence-corrected chi connectivity index (χ0v) is 15.8. The van der Waals surface area contributed by atoms with E-state index in [2.05, 4.69) is 63.5 Å². The van der Waals surface area contributed by atoms with Crippen molar-refractivity contribution < 1.29 is 0 Å². The summed E-state index contributed by atoms with van der Waals surface area (Å²) >= 11 is 3.95. The first-order chi connectivity index (χ1) is 9.76. The standard InChI is InChI=1S/C16H29N3S2/c1-11(2)14-13(9-17-16(4,5)6)21-15(18-14)19-7-8-20-12(3)10-19/h11-12,17H,7-10H2,1-6H3. The number of thioether (sulfide) groups is 1. The van der Waals surface area contributed by atoms with Gasteiger partial charge in [0.05, 0.1) is 5.69 Å². The molecule has 0 spiro atoms. The number of rotatable bonds is 4. The Hall–Kier alpha value is -0.260. The van der Waals surface area contributed by atoms with Crippen LogP contribution in [0.2, 0.25) is 0 Å². The van der Waals surface area contributed by atoms with Gasteiger partial charge in [0.1, 0.15) is 0 Å². The van der Waals surface area contributed by atoms with E-state index in [0.29, 0.717) is 11.2 Å². The molecule has 120 valence electrons. The summed E-state index contributed by atoms with van der Waals surface area (Å²) in [5.74, 6) is 1.70. The molecule has 2 rings (SSSR count). The fourth-order valence-electron chi connectivity index (χ4n) is 2.40. The molecule has 1 aliphatic heterocycles. The van der Waals surface area contributed by atoms with Gasteiger partial charge >= 0.3 is 0 Å². The highest BCUT2D eigenvalue weighted by Gasteiger charge is 2.23. The van der Waals surface area contributed by atoms with E-state index in [9.17, 15) is 0 Å². The molecule has 2 heterocycles. The molecule has 0 aromatic carbocycles. The Morgan fingerprint density at radius 2 is 2.10 bits per heavy atom. The minimum Gasteiger partial charge on any atom is -0.346 e. The van der Waals surface area contributed by atoms with Gasteiger partial charge < -0.3 is 10.2 Å². The summed E-state index contributed by atoms with van der Waals surface area (Å²) in [6.45, 7) is 16.6. The molecule has 0 aliphatic carbocycles. The SMILES string of the molecule is CC1CN(c2nc(C(C)C)c(CNC(C)(C)C)s2)CCS1. The molecule has 1 aromatic heterocycles. The molecule has 21 heavy (non-hydrogen) atoms. The molecule has 3 nitrogen and oxygen atoms in total. The molecule has 1 aromatic rings. The Labute approximate surface area is 137 Å². The summed E-state index contributed by atoms with van der Waals surface area (Å²) in [5, 5.41) is 5.53. The average molecular weight is 328 g/mol. The lowest BCUT2D eigenvalue weighted by Gasteiger charge is -2.30. The molecule has 1 atom stereocenters. The van der Waals surface area contributed by atoms with Crippen molar-refractivity contribution in [1.29, 1.82) is 0 Å². The number of aromatic nitrogens is 1. The molecule has 1 saturated heterocycles. The van der Waals surface area contributed by atoms with Gasteiger partial charge in [0.25, 0.3) is 0 Å². The monoisotopic (exact) mass is 327 g/mol. The van der Waals surface area contributed by atoms with Crippen LogP contribution in [0.5, 0.6) is 0 Å². The maximum atomic E-state index is 4.96. The maximum Gasteiger partial charge on any atom is 0.185 e. The van der Waals surface area contributed by atoms with Crippen molar-refractivity contribution in [2.24, 2.45) is 0 Å². The Morgan fingerprint density at radius 3 is 2.67 bits per heavy atom. The Morgan fingerprint density at radius 1 is 1.38 bits per heavy atom. The molecule has 0 saturated carbocycles. The predicted octanol–water partition coefficient (Wildman–Crippen LogP) is 4.10. The van der Waals surface area contributed by atoms with Crippen molar-refractivity contribution in [3.63, 3.8) is 0 Å². The van der Waals surface area contributed by atoms with Crippen molar-refractivity contribution in [2.45, 2.75) is 64.8 Å². The fourth-order valence-corrected chi connectivity index (χ4v) is 4.60. The number of hydrogen-bond acceptors (Lipinski definition) is 5. The minimum absolute atomic E-state index is 0.148. The van der Waals surface area contributed by atoms with Crippen molar-refractivity contribution in [3.05, 3.63) is 10.6 Å². The zero-order valence-electron chi connectivity index (χ0n) is 14.2. The summed E-state index contributed by atoms with van der Waals surface area (Å²) < 4.78 is 0. The van der Waals surface area contributed by atoms with Crippen molar-refractivity contribution in [3.8, 4) is 0 Å². The molecule has 0 amide bonds. The summed E-state index contributed by atoms with van der Waals surface area (Å²) in [6, 6.07) is 0. The average Bonchev–Trinajstić information content (AvgIpc) is 2.80. The largest absolute Gasteiger partial charge is 0.346 e. The van der Waals surface area contributed by atoms with Gasteiger partial charge in [0, 0.05) is 41.1 Å². The molecule has 1 aliphatic rings. The van der Waals surface area contributed by atoms with E-state index in [1.54, 1.807) is 0 Å². The second-order valence-corrected chi connectivity index (χ2v) is 9.80. The van der Waals surface area contributed by atoms with Gasteiger partial charge in [-0.1, -0.05) is 20.8 Å². The van der Waals surface area contributed by atoms with Crippen LogP contribution in [0.1, 0.15) is 58.0 Å². The van der Waals surface area contributed by atoms with Crippen LogP contribution in [0.25, 0.3) is 0 Å². The van der Waals surface area contributed by atoms with E-state index in [0.717, 1.165) is 19.6 Å². The number of hydrogen-bond donors (Lipinski definition) is 1. The third-order valence-electron chi connectivity index (χ3n) is 3.55. The molecule has 0 radical (unpaired) electrons. The molecular formula is C16H29N3S2. The number of nitrogens with one attached hydrogen (secondary N) is 1. The van der Waals surface area contributed by atoms with Crippen molar-refractivity contribution in [1.82, 2.24) is 10.3 Å². The first-order valence-corrected chi connectivity index (χ1v) is 9.74. The predicted molar refractivity (Wildman–Crippen MR) is 96.9 cm³/mol. The Bertz CT molecular complexity index is 463. The first kappa shape index (κ1) is 17.1. The summed E-state index contributed by atoms with van der Waals surface area (Å²) in [6.07, 6.45) is 0. The van der Waals surface area contributed by atoms with Crippen LogP contribution in [-0.2, 0) is 6.54 Å². The highest BCUT2D eigenvalue weighted by atomic mass is 32.2. The van der Waals surface area contributed by atoms with Gasteiger partial charge in [-0.15, -0.1) is 11.3 Å². The molecule has 1 unspecified atom stereocenters. The van der Waals surface area contributed by atoms with Gasteiger partial charge in [-0.05, 0) is 26.7 Å². The van der Waals surface area contributed by atoms with Crippen LogP contribution in [-0.4, -0.2) is 34.6 Å². The van der Waals surface area contributed by atoms with Gasteiger partial charge in [-0.3, -0.25) is 0 Å². The Balaban J connectivity index is 2.16. The van der Waals surface area contributed by atoms with Crippen molar-refractivity contribution >= 4 is 28.2 Å². The molecule has 0 bridgehead atoms. The van der Waals surface area contributed by atoms with E-state index >= 15 is 0 Å². The lowest BCUT2D eigenvalue weighted by molar-refractivity contribution is 0.425. The Kier molecular flexibility index (Phi) is 5.60. The normalized spacial score (nSPS) is 20.3. The quantitative estimate of drug-likeness (QED) is 0.901. The summed E-state index contributed by atoms with van der Waals surface area (Å²) in [4.78, 5) is 8.84. The summed E-state index contributed by atoms with van der Waals surface area (Å²) in [5.41, 5.74) is 1.42. The van der Waals surface area contributed by atoms with Gasteiger partial charge in [-0.25, -0.2) is 4.98 Å².